The number of rotatable bonds is 2. The van der Waals surface area contributed by atoms with Gasteiger partial charge in [-0.25, -0.2) is 0 Å². The van der Waals surface area contributed by atoms with Crippen LogP contribution in [0.4, 0.5) is 5.69 Å². The Bertz CT molecular complexity index is 624. The van der Waals surface area contributed by atoms with Crippen molar-refractivity contribution in [1.82, 2.24) is 0 Å². The SMILES string of the molecule is NC1(C(=O)Nc2cccc3ccccc23)CCCCC1. The number of nitrogens with two attached hydrogens (primary N) is 1. The lowest BCUT2D eigenvalue weighted by Gasteiger charge is -2.31. The standard InChI is InChI=1S/C17H20N2O/c18-17(11-4-1-5-12-17)16(20)19-15-10-6-8-13-7-2-3-9-14(13)15/h2-3,6-10H,1,4-5,11-12,18H2,(H,19,20). The topological polar surface area (TPSA) is 55.1 Å². The van der Waals surface area contributed by atoms with Crippen LogP contribution in [0.2, 0.25) is 0 Å². The van der Waals surface area contributed by atoms with Gasteiger partial charge in [0.05, 0.1) is 5.54 Å². The molecule has 20 heavy (non-hydrogen) atoms. The summed E-state index contributed by atoms with van der Waals surface area (Å²) in [6.45, 7) is 0. The first-order valence-corrected chi connectivity index (χ1v) is 7.27. The van der Waals surface area contributed by atoms with Crippen LogP contribution in [0.3, 0.4) is 0 Å². The third-order valence-electron chi connectivity index (χ3n) is 4.24. The molecule has 2 aromatic carbocycles. The van der Waals surface area contributed by atoms with E-state index in [2.05, 4.69) is 5.32 Å². The van der Waals surface area contributed by atoms with Crippen molar-refractivity contribution in [1.29, 1.82) is 0 Å². The highest BCUT2D eigenvalue weighted by molar-refractivity contribution is 6.05. The van der Waals surface area contributed by atoms with Gasteiger partial charge in [-0.1, -0.05) is 55.7 Å². The summed E-state index contributed by atoms with van der Waals surface area (Å²) in [6, 6.07) is 14.0. The molecule has 3 N–H and O–H groups in total. The van der Waals surface area contributed by atoms with Crippen LogP contribution in [0, 0.1) is 0 Å². The number of carbonyl (C=O) groups excluding carboxylic acids is 1. The third-order valence-corrected chi connectivity index (χ3v) is 4.24. The molecule has 0 atom stereocenters. The van der Waals surface area contributed by atoms with E-state index in [4.69, 9.17) is 5.73 Å². The van der Waals surface area contributed by atoms with Crippen LogP contribution in [-0.4, -0.2) is 11.4 Å². The molecule has 3 nitrogen and oxygen atoms in total. The number of hydrogen-bond acceptors (Lipinski definition) is 2. The van der Waals surface area contributed by atoms with E-state index in [1.54, 1.807) is 0 Å². The summed E-state index contributed by atoms with van der Waals surface area (Å²) in [5, 5.41) is 5.21. The Morgan fingerprint density at radius 3 is 2.50 bits per heavy atom. The van der Waals surface area contributed by atoms with E-state index in [0.717, 1.165) is 42.1 Å². The summed E-state index contributed by atoms with van der Waals surface area (Å²) in [7, 11) is 0. The first kappa shape index (κ1) is 13.1. The van der Waals surface area contributed by atoms with Crippen LogP contribution < -0.4 is 11.1 Å². The first-order chi connectivity index (χ1) is 9.69. The molecular formula is C17H20N2O. The molecule has 1 amide bonds. The van der Waals surface area contributed by atoms with E-state index < -0.39 is 5.54 Å². The lowest BCUT2D eigenvalue weighted by molar-refractivity contribution is -0.122. The fourth-order valence-corrected chi connectivity index (χ4v) is 2.99. The van der Waals surface area contributed by atoms with E-state index in [9.17, 15) is 4.79 Å². The maximum absolute atomic E-state index is 12.5. The average Bonchev–Trinajstić information content (AvgIpc) is 2.48. The molecule has 104 valence electrons. The highest BCUT2D eigenvalue weighted by Gasteiger charge is 2.35. The summed E-state index contributed by atoms with van der Waals surface area (Å²) in [5.41, 5.74) is 6.43. The molecule has 3 heteroatoms. The molecule has 1 aliphatic carbocycles. The van der Waals surface area contributed by atoms with Crippen molar-refractivity contribution in [3.8, 4) is 0 Å². The quantitative estimate of drug-likeness (QED) is 0.876. The Hall–Kier alpha value is -1.87. The predicted octanol–water partition coefficient (Wildman–Crippen LogP) is 3.44. The van der Waals surface area contributed by atoms with E-state index >= 15 is 0 Å². The molecule has 1 fully saturated rings. The maximum Gasteiger partial charge on any atom is 0.244 e. The fourth-order valence-electron chi connectivity index (χ4n) is 2.99. The van der Waals surface area contributed by atoms with Gasteiger partial charge in [0.15, 0.2) is 0 Å². The molecule has 1 saturated carbocycles. The second kappa shape index (κ2) is 5.25. The molecular weight excluding hydrogens is 248 g/mol. The lowest BCUT2D eigenvalue weighted by Crippen LogP contribution is -2.52. The Balaban J connectivity index is 1.87. The second-order valence-electron chi connectivity index (χ2n) is 5.70. The monoisotopic (exact) mass is 268 g/mol. The van der Waals surface area contributed by atoms with Crippen molar-refractivity contribution in [3.05, 3.63) is 42.5 Å². The van der Waals surface area contributed by atoms with Gasteiger partial charge in [-0.2, -0.15) is 0 Å². The Morgan fingerprint density at radius 2 is 1.70 bits per heavy atom. The molecule has 0 spiro atoms. The zero-order valence-electron chi connectivity index (χ0n) is 11.6. The summed E-state index contributed by atoms with van der Waals surface area (Å²) in [6.07, 6.45) is 4.83. The van der Waals surface area contributed by atoms with Crippen LogP contribution in [0.15, 0.2) is 42.5 Å². The van der Waals surface area contributed by atoms with Crippen LogP contribution in [0.5, 0.6) is 0 Å². The molecule has 2 aromatic rings. The van der Waals surface area contributed by atoms with Crippen LogP contribution in [0.25, 0.3) is 10.8 Å². The van der Waals surface area contributed by atoms with Crippen LogP contribution in [-0.2, 0) is 4.79 Å². The number of fused-ring (bicyclic) bond motifs is 1. The number of amides is 1. The zero-order chi connectivity index (χ0) is 14.0. The minimum atomic E-state index is -0.699. The molecule has 0 radical (unpaired) electrons. The van der Waals surface area contributed by atoms with Gasteiger partial charge in [0.1, 0.15) is 0 Å². The van der Waals surface area contributed by atoms with Crippen molar-refractivity contribution in [2.75, 3.05) is 5.32 Å². The van der Waals surface area contributed by atoms with Gasteiger partial charge in [-0.3, -0.25) is 4.79 Å². The van der Waals surface area contributed by atoms with E-state index in [0.29, 0.717) is 0 Å². The molecule has 0 aliphatic heterocycles. The Morgan fingerprint density at radius 1 is 1.00 bits per heavy atom. The van der Waals surface area contributed by atoms with Crippen molar-refractivity contribution in [2.24, 2.45) is 5.73 Å². The Labute approximate surface area is 119 Å². The summed E-state index contributed by atoms with van der Waals surface area (Å²) in [4.78, 5) is 12.5. The summed E-state index contributed by atoms with van der Waals surface area (Å²) in [5.74, 6) is -0.0476. The predicted molar refractivity (Wildman–Crippen MR) is 82.6 cm³/mol. The molecule has 0 bridgehead atoms. The molecule has 1 aliphatic rings. The van der Waals surface area contributed by atoms with E-state index in [-0.39, 0.29) is 5.91 Å². The number of nitrogens with one attached hydrogen (secondary N) is 1. The first-order valence-electron chi connectivity index (χ1n) is 7.27. The highest BCUT2D eigenvalue weighted by Crippen LogP contribution is 2.29. The zero-order valence-corrected chi connectivity index (χ0v) is 11.6. The van der Waals surface area contributed by atoms with E-state index in [1.165, 1.54) is 6.42 Å². The number of anilines is 1. The second-order valence-corrected chi connectivity index (χ2v) is 5.70. The van der Waals surface area contributed by atoms with Crippen molar-refractivity contribution < 1.29 is 4.79 Å². The fraction of sp³-hybridized carbons (Fsp3) is 0.353. The molecule has 0 saturated heterocycles. The van der Waals surface area contributed by atoms with Gasteiger partial charge in [0, 0.05) is 11.1 Å². The van der Waals surface area contributed by atoms with Gasteiger partial charge in [-0.05, 0) is 24.3 Å². The van der Waals surface area contributed by atoms with Crippen LogP contribution in [0.1, 0.15) is 32.1 Å². The molecule has 3 rings (SSSR count). The minimum Gasteiger partial charge on any atom is -0.324 e. The third kappa shape index (κ3) is 2.41. The van der Waals surface area contributed by atoms with Crippen molar-refractivity contribution >= 4 is 22.4 Å². The Kier molecular flexibility index (Phi) is 3.45. The van der Waals surface area contributed by atoms with Crippen LogP contribution >= 0.6 is 0 Å². The lowest BCUT2D eigenvalue weighted by atomic mass is 9.82. The van der Waals surface area contributed by atoms with Gasteiger partial charge in [-0.15, -0.1) is 0 Å². The highest BCUT2D eigenvalue weighted by atomic mass is 16.2. The average molecular weight is 268 g/mol. The smallest absolute Gasteiger partial charge is 0.244 e. The summed E-state index contributed by atoms with van der Waals surface area (Å²) < 4.78 is 0. The van der Waals surface area contributed by atoms with Gasteiger partial charge < -0.3 is 11.1 Å². The number of carbonyl (C=O) groups is 1. The summed E-state index contributed by atoms with van der Waals surface area (Å²) >= 11 is 0. The number of hydrogen-bond donors (Lipinski definition) is 2. The van der Waals surface area contributed by atoms with Gasteiger partial charge in [0.25, 0.3) is 0 Å². The van der Waals surface area contributed by atoms with E-state index in [1.807, 2.05) is 42.5 Å². The molecule has 0 unspecified atom stereocenters. The maximum atomic E-state index is 12.5. The molecule has 0 heterocycles. The van der Waals surface area contributed by atoms with Crippen molar-refractivity contribution in [2.45, 2.75) is 37.6 Å². The van der Waals surface area contributed by atoms with Crippen molar-refractivity contribution in [3.63, 3.8) is 0 Å². The largest absolute Gasteiger partial charge is 0.324 e. The normalized spacial score (nSPS) is 17.9. The van der Waals surface area contributed by atoms with Gasteiger partial charge in [0.2, 0.25) is 5.91 Å². The minimum absolute atomic E-state index is 0.0476. The molecule has 0 aromatic heterocycles. The number of benzene rings is 2. The van der Waals surface area contributed by atoms with Gasteiger partial charge >= 0.3 is 0 Å².